The van der Waals surface area contributed by atoms with Crippen LogP contribution in [0.2, 0.25) is 5.02 Å². The predicted molar refractivity (Wildman–Crippen MR) is 107 cm³/mol. The maximum atomic E-state index is 15.0. The molecule has 0 bridgehead atoms. The van der Waals surface area contributed by atoms with Crippen LogP contribution < -0.4 is 15.9 Å². The molecule has 152 valence electrons. The maximum absolute atomic E-state index is 15.0. The number of benzene rings is 1. The maximum Gasteiger partial charge on any atom is 0.341 e. The number of aromatic nitrogens is 1. The van der Waals surface area contributed by atoms with E-state index in [1.807, 2.05) is 7.05 Å². The van der Waals surface area contributed by atoms with Crippen molar-refractivity contribution in [3.05, 3.63) is 32.8 Å². The number of rotatable bonds is 4. The molecule has 2 fully saturated rings. The highest BCUT2D eigenvalue weighted by Crippen LogP contribution is 2.44. The van der Waals surface area contributed by atoms with Crippen LogP contribution in [0.4, 0.5) is 10.1 Å². The number of fused-ring (bicyclic) bond motifs is 1. The van der Waals surface area contributed by atoms with Crippen LogP contribution in [0.25, 0.3) is 10.9 Å². The lowest BCUT2D eigenvalue weighted by molar-refractivity contribution is 0.0695. The molecule has 4 rings (SSSR count). The zero-order chi connectivity index (χ0) is 19.5. The second-order valence-corrected chi connectivity index (χ2v) is 7.58. The van der Waals surface area contributed by atoms with Gasteiger partial charge in [-0.1, -0.05) is 11.6 Å². The summed E-state index contributed by atoms with van der Waals surface area (Å²) < 4.78 is 22.4. The Morgan fingerprint density at radius 2 is 2.07 bits per heavy atom. The molecule has 1 saturated carbocycles. The van der Waals surface area contributed by atoms with Gasteiger partial charge in [0, 0.05) is 25.3 Å². The summed E-state index contributed by atoms with van der Waals surface area (Å²) in [6.07, 6.45) is 3.37. The number of carboxylic acid groups (broad SMARTS) is 1. The van der Waals surface area contributed by atoms with Gasteiger partial charge >= 0.3 is 5.97 Å². The van der Waals surface area contributed by atoms with Gasteiger partial charge in [-0.3, -0.25) is 4.79 Å². The van der Waals surface area contributed by atoms with Crippen molar-refractivity contribution in [1.82, 2.24) is 9.47 Å². The minimum absolute atomic E-state index is 0. The molecule has 1 atom stereocenters. The van der Waals surface area contributed by atoms with Gasteiger partial charge in [0.2, 0.25) is 5.43 Å². The van der Waals surface area contributed by atoms with Crippen LogP contribution in [0, 0.1) is 5.82 Å². The number of nitrogens with zero attached hydrogens (tertiary/aromatic N) is 2. The SMILES string of the molecule is CN1CCC(Oc2c(F)c(N)c3c(=O)c(C(=O)O)cn(C4CC4)c3c2Cl)C1.Cl. The molecule has 10 heteroatoms. The number of nitrogen functional groups attached to an aromatic ring is 1. The number of aromatic carboxylic acids is 1. The Morgan fingerprint density at radius 3 is 2.61 bits per heavy atom. The van der Waals surface area contributed by atoms with Crippen LogP contribution >= 0.6 is 24.0 Å². The molecule has 1 aliphatic carbocycles. The first-order chi connectivity index (χ1) is 12.8. The standard InChI is InChI=1S/C18H19ClFN3O4.ClH/c1-22-5-4-9(6-22)27-17-12(19)15-11(14(21)13(17)20)16(24)10(18(25)26)7-23(15)8-2-3-8;/h7-9H,2-6,21H2,1H3,(H,25,26);1H. The van der Waals surface area contributed by atoms with Crippen molar-refractivity contribution in [3.63, 3.8) is 0 Å². The molecule has 2 aromatic rings. The molecule has 0 radical (unpaired) electrons. The minimum atomic E-state index is -1.39. The van der Waals surface area contributed by atoms with Crippen molar-refractivity contribution in [1.29, 1.82) is 0 Å². The number of nitrogens with two attached hydrogens (primary N) is 1. The Balaban J connectivity index is 0.00000225. The van der Waals surface area contributed by atoms with E-state index in [2.05, 4.69) is 4.90 Å². The monoisotopic (exact) mass is 431 g/mol. The summed E-state index contributed by atoms with van der Waals surface area (Å²) in [6, 6.07) is -0.000903. The molecule has 2 heterocycles. The van der Waals surface area contributed by atoms with Crippen molar-refractivity contribution in [2.75, 3.05) is 25.9 Å². The number of ether oxygens (including phenoxy) is 1. The number of carboxylic acids is 1. The van der Waals surface area contributed by atoms with Crippen molar-refractivity contribution >= 4 is 46.6 Å². The van der Waals surface area contributed by atoms with Crippen LogP contribution in [-0.4, -0.2) is 46.8 Å². The highest BCUT2D eigenvalue weighted by Gasteiger charge is 2.32. The summed E-state index contributed by atoms with van der Waals surface area (Å²) in [5, 5.41) is 9.08. The van der Waals surface area contributed by atoms with Crippen molar-refractivity contribution < 1.29 is 19.0 Å². The summed E-state index contributed by atoms with van der Waals surface area (Å²) in [6.45, 7) is 1.45. The highest BCUT2D eigenvalue weighted by molar-refractivity contribution is 6.37. The van der Waals surface area contributed by atoms with Crippen LogP contribution in [0.5, 0.6) is 5.75 Å². The fourth-order valence-electron chi connectivity index (χ4n) is 3.60. The fourth-order valence-corrected chi connectivity index (χ4v) is 3.92. The number of likely N-dealkylation sites (tertiary alicyclic amines) is 1. The first kappa shape index (κ1) is 20.7. The van der Waals surface area contributed by atoms with Crippen LogP contribution in [0.3, 0.4) is 0 Å². The van der Waals surface area contributed by atoms with E-state index in [9.17, 15) is 19.1 Å². The minimum Gasteiger partial charge on any atom is -0.484 e. The fraction of sp³-hybridized carbons (Fsp3) is 0.444. The van der Waals surface area contributed by atoms with Gasteiger partial charge in [0.25, 0.3) is 0 Å². The Hall–Kier alpha value is -2.03. The number of hydrogen-bond donors (Lipinski definition) is 2. The lowest BCUT2D eigenvalue weighted by Gasteiger charge is -2.20. The highest BCUT2D eigenvalue weighted by atomic mass is 35.5. The number of anilines is 1. The Morgan fingerprint density at radius 1 is 1.39 bits per heavy atom. The van der Waals surface area contributed by atoms with Gasteiger partial charge in [-0.25, -0.2) is 9.18 Å². The van der Waals surface area contributed by atoms with E-state index in [1.165, 1.54) is 6.20 Å². The second kappa shape index (κ2) is 7.42. The first-order valence-electron chi connectivity index (χ1n) is 8.73. The molecular weight excluding hydrogens is 412 g/mol. The zero-order valence-corrected chi connectivity index (χ0v) is 16.6. The van der Waals surface area contributed by atoms with E-state index < -0.39 is 28.5 Å². The Labute approximate surface area is 171 Å². The Kier molecular flexibility index (Phi) is 5.49. The zero-order valence-electron chi connectivity index (χ0n) is 15.1. The molecule has 0 spiro atoms. The third kappa shape index (κ3) is 3.29. The van der Waals surface area contributed by atoms with Crippen molar-refractivity contribution in [3.8, 4) is 5.75 Å². The number of pyridine rings is 1. The molecule has 28 heavy (non-hydrogen) atoms. The van der Waals surface area contributed by atoms with Crippen LogP contribution in [0.15, 0.2) is 11.0 Å². The largest absolute Gasteiger partial charge is 0.484 e. The summed E-state index contributed by atoms with van der Waals surface area (Å²) in [7, 11) is 1.94. The molecule has 3 N–H and O–H groups in total. The van der Waals surface area contributed by atoms with Gasteiger partial charge in [0.1, 0.15) is 16.7 Å². The van der Waals surface area contributed by atoms with E-state index in [4.69, 9.17) is 22.1 Å². The quantitative estimate of drug-likeness (QED) is 0.722. The second-order valence-electron chi connectivity index (χ2n) is 7.20. The third-order valence-corrected chi connectivity index (χ3v) is 5.50. The van der Waals surface area contributed by atoms with Gasteiger partial charge in [-0.15, -0.1) is 12.4 Å². The number of halogens is 3. The number of carbonyl (C=O) groups is 1. The molecular formula is C18H20Cl2FN3O4. The van der Waals surface area contributed by atoms with Gasteiger partial charge in [0.15, 0.2) is 11.6 Å². The molecule has 1 aromatic carbocycles. The average molecular weight is 432 g/mol. The van der Waals surface area contributed by atoms with Crippen molar-refractivity contribution in [2.45, 2.75) is 31.4 Å². The lowest BCUT2D eigenvalue weighted by atomic mass is 10.1. The van der Waals surface area contributed by atoms with E-state index in [1.54, 1.807) is 4.57 Å². The van der Waals surface area contributed by atoms with Gasteiger partial charge in [-0.2, -0.15) is 0 Å². The average Bonchev–Trinajstić information content (AvgIpc) is 3.38. The number of likely N-dealkylation sites (N-methyl/N-ethyl adjacent to an activating group) is 1. The number of hydrogen-bond acceptors (Lipinski definition) is 5. The third-order valence-electron chi connectivity index (χ3n) is 5.15. The lowest BCUT2D eigenvalue weighted by Crippen LogP contribution is -2.24. The van der Waals surface area contributed by atoms with Gasteiger partial charge < -0.3 is 25.0 Å². The summed E-state index contributed by atoms with van der Waals surface area (Å²) in [5.74, 6) is -2.50. The predicted octanol–water partition coefficient (Wildman–Crippen LogP) is 2.91. The normalized spacial score (nSPS) is 19.6. The molecule has 1 aliphatic heterocycles. The topological polar surface area (TPSA) is 97.8 Å². The molecule has 1 saturated heterocycles. The molecule has 7 nitrogen and oxygen atoms in total. The summed E-state index contributed by atoms with van der Waals surface area (Å²) in [4.78, 5) is 26.2. The van der Waals surface area contributed by atoms with Crippen LogP contribution in [-0.2, 0) is 0 Å². The van der Waals surface area contributed by atoms with E-state index in [-0.39, 0.29) is 46.2 Å². The first-order valence-corrected chi connectivity index (χ1v) is 9.11. The smallest absolute Gasteiger partial charge is 0.341 e. The molecule has 1 unspecified atom stereocenters. The van der Waals surface area contributed by atoms with Crippen LogP contribution in [0.1, 0.15) is 35.7 Å². The van der Waals surface area contributed by atoms with E-state index >= 15 is 0 Å². The summed E-state index contributed by atoms with van der Waals surface area (Å²) in [5.41, 5.74) is 4.41. The van der Waals surface area contributed by atoms with E-state index in [0.29, 0.717) is 6.54 Å². The van der Waals surface area contributed by atoms with Gasteiger partial charge in [0.05, 0.1) is 16.6 Å². The molecule has 0 amide bonds. The van der Waals surface area contributed by atoms with E-state index in [0.717, 1.165) is 25.8 Å². The molecule has 1 aromatic heterocycles. The van der Waals surface area contributed by atoms with Crippen molar-refractivity contribution in [2.24, 2.45) is 0 Å². The summed E-state index contributed by atoms with van der Waals surface area (Å²) >= 11 is 6.47. The van der Waals surface area contributed by atoms with Gasteiger partial charge in [-0.05, 0) is 26.3 Å². The Bertz CT molecular complexity index is 1020. The molecule has 2 aliphatic rings.